The van der Waals surface area contributed by atoms with Crippen molar-refractivity contribution in [3.63, 3.8) is 0 Å². The molecule has 18 heavy (non-hydrogen) atoms. The molecule has 0 aliphatic heterocycles. The second kappa shape index (κ2) is 7.39. The van der Waals surface area contributed by atoms with Crippen LogP contribution >= 0.6 is 11.6 Å². The van der Waals surface area contributed by atoms with Crippen LogP contribution < -0.4 is 5.32 Å². The summed E-state index contributed by atoms with van der Waals surface area (Å²) in [6.45, 7) is 4.12. The van der Waals surface area contributed by atoms with Gasteiger partial charge >= 0.3 is 0 Å². The number of halogens is 1. The van der Waals surface area contributed by atoms with E-state index in [9.17, 15) is 4.79 Å². The van der Waals surface area contributed by atoms with Gasteiger partial charge in [0.1, 0.15) is 0 Å². The number of hydrogen-bond donors (Lipinski definition) is 2. The molecule has 0 spiro atoms. The minimum absolute atomic E-state index is 0.0119. The lowest BCUT2D eigenvalue weighted by Gasteiger charge is -2.21. The molecule has 0 heterocycles. The average Bonchev–Trinajstić information content (AvgIpc) is 2.38. The average molecular weight is 270 g/mol. The summed E-state index contributed by atoms with van der Waals surface area (Å²) in [7, 11) is 0. The Morgan fingerprint density at radius 1 is 1.44 bits per heavy atom. The molecule has 0 aromatic heterocycles. The first kappa shape index (κ1) is 15.0. The lowest BCUT2D eigenvalue weighted by molar-refractivity contribution is 0.0916. The summed E-state index contributed by atoms with van der Waals surface area (Å²) in [6.07, 6.45) is 0.568. The Kier molecular flexibility index (Phi) is 6.16. The predicted molar refractivity (Wildman–Crippen MR) is 73.8 cm³/mol. The van der Waals surface area contributed by atoms with Gasteiger partial charge in [-0.15, -0.1) is 11.6 Å². The van der Waals surface area contributed by atoms with E-state index in [4.69, 9.17) is 16.7 Å². The van der Waals surface area contributed by atoms with Crippen molar-refractivity contribution in [2.75, 3.05) is 6.61 Å². The summed E-state index contributed by atoms with van der Waals surface area (Å²) in [6, 6.07) is 7.25. The Labute approximate surface area is 113 Å². The third-order valence-electron chi connectivity index (χ3n) is 2.90. The zero-order valence-corrected chi connectivity index (χ0v) is 11.6. The van der Waals surface area contributed by atoms with Crippen LogP contribution in [0.15, 0.2) is 24.3 Å². The molecule has 1 aromatic carbocycles. The summed E-state index contributed by atoms with van der Waals surface area (Å²) in [5, 5.41) is 11.9. The summed E-state index contributed by atoms with van der Waals surface area (Å²) in [5.74, 6) is 0.567. The maximum atomic E-state index is 12.1. The van der Waals surface area contributed by atoms with E-state index in [1.165, 1.54) is 0 Å². The first-order valence-electron chi connectivity index (χ1n) is 6.15. The van der Waals surface area contributed by atoms with Crippen molar-refractivity contribution in [3.05, 3.63) is 35.4 Å². The van der Waals surface area contributed by atoms with Crippen molar-refractivity contribution in [3.8, 4) is 0 Å². The van der Waals surface area contributed by atoms with Crippen molar-refractivity contribution < 1.29 is 9.90 Å². The van der Waals surface area contributed by atoms with Gasteiger partial charge in [0.25, 0.3) is 5.91 Å². The molecule has 1 amide bonds. The van der Waals surface area contributed by atoms with Gasteiger partial charge in [-0.25, -0.2) is 0 Å². The first-order valence-corrected chi connectivity index (χ1v) is 6.68. The van der Waals surface area contributed by atoms with Crippen LogP contribution in [0.3, 0.4) is 0 Å². The summed E-state index contributed by atoms with van der Waals surface area (Å²) in [5.41, 5.74) is 1.53. The molecule has 100 valence electrons. The van der Waals surface area contributed by atoms with Crippen LogP contribution in [0.5, 0.6) is 0 Å². The molecule has 1 unspecified atom stereocenters. The number of nitrogens with one attached hydrogen (secondary N) is 1. The standard InChI is InChI=1S/C14H20ClNO2/c1-10(2)13(6-7-17)16-14(18)12-5-3-4-11(8-12)9-15/h3-5,8,10,13,17H,6-7,9H2,1-2H3,(H,16,18). The van der Waals surface area contributed by atoms with Gasteiger partial charge in [-0.3, -0.25) is 4.79 Å². The predicted octanol–water partition coefficient (Wildman–Crippen LogP) is 2.56. The smallest absolute Gasteiger partial charge is 0.251 e. The van der Waals surface area contributed by atoms with E-state index < -0.39 is 0 Å². The van der Waals surface area contributed by atoms with E-state index in [1.807, 2.05) is 26.0 Å². The van der Waals surface area contributed by atoms with Gasteiger partial charge in [0, 0.05) is 24.1 Å². The lowest BCUT2D eigenvalue weighted by atomic mass is 10.0. The fourth-order valence-corrected chi connectivity index (χ4v) is 1.92. The highest BCUT2D eigenvalue weighted by Gasteiger charge is 2.16. The van der Waals surface area contributed by atoms with Crippen molar-refractivity contribution in [2.24, 2.45) is 5.92 Å². The van der Waals surface area contributed by atoms with Crippen LogP contribution in [0.4, 0.5) is 0 Å². The fourth-order valence-electron chi connectivity index (χ4n) is 1.76. The first-order chi connectivity index (χ1) is 8.58. The highest BCUT2D eigenvalue weighted by atomic mass is 35.5. The van der Waals surface area contributed by atoms with Crippen LogP contribution in [-0.4, -0.2) is 23.7 Å². The number of hydrogen-bond acceptors (Lipinski definition) is 2. The lowest BCUT2D eigenvalue weighted by Crippen LogP contribution is -2.39. The highest BCUT2D eigenvalue weighted by molar-refractivity contribution is 6.17. The number of aliphatic hydroxyl groups is 1. The van der Waals surface area contributed by atoms with Crippen molar-refractivity contribution >= 4 is 17.5 Å². The van der Waals surface area contributed by atoms with E-state index in [-0.39, 0.29) is 24.5 Å². The van der Waals surface area contributed by atoms with Gasteiger partial charge in [0.15, 0.2) is 0 Å². The van der Waals surface area contributed by atoms with Crippen LogP contribution in [0.2, 0.25) is 0 Å². The van der Waals surface area contributed by atoms with Gasteiger partial charge in [-0.05, 0) is 30.0 Å². The van der Waals surface area contributed by atoms with Crippen LogP contribution in [0, 0.1) is 5.92 Å². The second-order valence-electron chi connectivity index (χ2n) is 4.67. The number of carbonyl (C=O) groups is 1. The number of rotatable bonds is 6. The molecule has 1 atom stereocenters. The van der Waals surface area contributed by atoms with Gasteiger partial charge in [0.2, 0.25) is 0 Å². The molecule has 0 radical (unpaired) electrons. The van der Waals surface area contributed by atoms with Gasteiger partial charge in [0.05, 0.1) is 0 Å². The molecule has 4 heteroatoms. The van der Waals surface area contributed by atoms with E-state index in [0.29, 0.717) is 17.9 Å². The molecule has 0 saturated heterocycles. The molecular formula is C14H20ClNO2. The Hall–Kier alpha value is -1.06. The van der Waals surface area contributed by atoms with E-state index in [2.05, 4.69) is 5.32 Å². The van der Waals surface area contributed by atoms with Crippen molar-refractivity contribution in [2.45, 2.75) is 32.2 Å². The molecule has 0 aliphatic carbocycles. The molecule has 0 fully saturated rings. The normalized spacial score (nSPS) is 12.5. The van der Waals surface area contributed by atoms with Gasteiger partial charge < -0.3 is 10.4 Å². The topological polar surface area (TPSA) is 49.3 Å². The number of benzene rings is 1. The summed E-state index contributed by atoms with van der Waals surface area (Å²) < 4.78 is 0. The van der Waals surface area contributed by atoms with E-state index >= 15 is 0 Å². The Morgan fingerprint density at radius 3 is 2.72 bits per heavy atom. The number of amides is 1. The van der Waals surface area contributed by atoms with Crippen LogP contribution in [0.1, 0.15) is 36.2 Å². The van der Waals surface area contributed by atoms with Crippen molar-refractivity contribution in [1.29, 1.82) is 0 Å². The minimum atomic E-state index is -0.117. The maximum Gasteiger partial charge on any atom is 0.251 e. The third kappa shape index (κ3) is 4.31. The molecule has 2 N–H and O–H groups in total. The number of alkyl halides is 1. The Balaban J connectivity index is 2.73. The molecule has 1 rings (SSSR count). The quantitative estimate of drug-likeness (QED) is 0.780. The van der Waals surface area contributed by atoms with Crippen LogP contribution in [0.25, 0.3) is 0 Å². The molecular weight excluding hydrogens is 250 g/mol. The zero-order valence-electron chi connectivity index (χ0n) is 10.8. The monoisotopic (exact) mass is 269 g/mol. The number of aliphatic hydroxyl groups excluding tert-OH is 1. The third-order valence-corrected chi connectivity index (χ3v) is 3.21. The van der Waals surface area contributed by atoms with Crippen LogP contribution in [-0.2, 0) is 5.88 Å². The zero-order chi connectivity index (χ0) is 13.5. The molecule has 0 aliphatic rings. The largest absolute Gasteiger partial charge is 0.396 e. The highest BCUT2D eigenvalue weighted by Crippen LogP contribution is 2.10. The molecule has 0 bridgehead atoms. The van der Waals surface area contributed by atoms with E-state index in [0.717, 1.165) is 5.56 Å². The second-order valence-corrected chi connectivity index (χ2v) is 4.94. The molecule has 3 nitrogen and oxygen atoms in total. The maximum absolute atomic E-state index is 12.1. The number of carbonyl (C=O) groups excluding carboxylic acids is 1. The SMILES string of the molecule is CC(C)C(CCO)NC(=O)c1cccc(CCl)c1. The summed E-state index contributed by atoms with van der Waals surface area (Å²) in [4.78, 5) is 12.1. The summed E-state index contributed by atoms with van der Waals surface area (Å²) >= 11 is 5.74. The van der Waals surface area contributed by atoms with E-state index in [1.54, 1.807) is 12.1 Å². The Morgan fingerprint density at radius 2 is 2.17 bits per heavy atom. The Bertz CT molecular complexity index is 393. The fraction of sp³-hybridized carbons (Fsp3) is 0.500. The van der Waals surface area contributed by atoms with Gasteiger partial charge in [-0.1, -0.05) is 26.0 Å². The van der Waals surface area contributed by atoms with Crippen molar-refractivity contribution in [1.82, 2.24) is 5.32 Å². The minimum Gasteiger partial charge on any atom is -0.396 e. The molecule has 0 saturated carbocycles. The molecule has 1 aromatic rings. The van der Waals surface area contributed by atoms with Gasteiger partial charge in [-0.2, -0.15) is 0 Å².